The molecule has 1 aromatic heterocycles. The van der Waals surface area contributed by atoms with Crippen LogP contribution in [-0.4, -0.2) is 72.8 Å². The monoisotopic (exact) mass is 361 g/mol. The first-order valence-electron chi connectivity index (χ1n) is 9.59. The number of likely N-dealkylation sites (tertiary alicyclic amines) is 1. The van der Waals surface area contributed by atoms with Gasteiger partial charge in [-0.2, -0.15) is 4.98 Å². The van der Waals surface area contributed by atoms with E-state index in [0.717, 1.165) is 56.2 Å². The van der Waals surface area contributed by atoms with E-state index >= 15 is 0 Å². The number of anilines is 2. The van der Waals surface area contributed by atoms with Crippen LogP contribution in [0, 0.1) is 12.3 Å². The number of carbonyl (C=O) groups excluding carboxylic acids is 1. The highest BCUT2D eigenvalue weighted by Crippen LogP contribution is 2.39. The molecule has 1 spiro atoms. The lowest BCUT2D eigenvalue weighted by Crippen LogP contribution is -2.54. The van der Waals surface area contributed by atoms with Gasteiger partial charge in [0.15, 0.2) is 0 Å². The number of amides is 1. The largest absolute Gasteiger partial charge is 0.396 e. The summed E-state index contributed by atoms with van der Waals surface area (Å²) in [5.74, 6) is 1.97. The van der Waals surface area contributed by atoms with Crippen molar-refractivity contribution in [1.82, 2.24) is 14.9 Å². The summed E-state index contributed by atoms with van der Waals surface area (Å²) in [4.78, 5) is 27.9. The molecule has 1 atom stereocenters. The van der Waals surface area contributed by atoms with Crippen LogP contribution in [0.15, 0.2) is 6.20 Å². The van der Waals surface area contributed by atoms with Gasteiger partial charge in [-0.3, -0.25) is 4.79 Å². The predicted octanol–water partition coefficient (Wildman–Crippen LogP) is 1.44. The standard InChI is InChI=1S/C19H31N5O2/c1-15-12-20-18(21-17(15)22(2)3)24-9-4-7-19(14-24)8-6-16(26)23(13-19)10-5-11-25/h12,25H,4-11,13-14H2,1-3H3/t19-/m0/s1. The Morgan fingerprint density at radius 3 is 2.85 bits per heavy atom. The normalized spacial score (nSPS) is 23.6. The van der Waals surface area contributed by atoms with Crippen LogP contribution in [0.3, 0.4) is 0 Å². The molecule has 3 rings (SSSR count). The molecule has 7 heteroatoms. The van der Waals surface area contributed by atoms with E-state index in [-0.39, 0.29) is 17.9 Å². The first-order chi connectivity index (χ1) is 12.4. The van der Waals surface area contributed by atoms with Gasteiger partial charge < -0.3 is 19.8 Å². The fourth-order valence-electron chi connectivity index (χ4n) is 4.31. The average molecular weight is 361 g/mol. The SMILES string of the molecule is Cc1cnc(N2CCC[C@@]3(CCC(=O)N(CCCO)C3)C2)nc1N(C)C. The highest BCUT2D eigenvalue weighted by Gasteiger charge is 2.42. The van der Waals surface area contributed by atoms with Gasteiger partial charge in [-0.15, -0.1) is 0 Å². The van der Waals surface area contributed by atoms with Crippen LogP contribution in [0.25, 0.3) is 0 Å². The quantitative estimate of drug-likeness (QED) is 0.856. The van der Waals surface area contributed by atoms with Gasteiger partial charge in [-0.25, -0.2) is 4.98 Å². The molecule has 1 aromatic rings. The molecular weight excluding hydrogens is 330 g/mol. The fraction of sp³-hybridized carbons (Fsp3) is 0.737. The molecule has 0 aromatic carbocycles. The molecule has 0 radical (unpaired) electrons. The summed E-state index contributed by atoms with van der Waals surface area (Å²) in [5.41, 5.74) is 1.19. The number of nitrogens with zero attached hydrogens (tertiary/aromatic N) is 5. The first kappa shape index (κ1) is 18.9. The molecule has 144 valence electrons. The second-order valence-corrected chi connectivity index (χ2v) is 7.99. The third kappa shape index (κ3) is 3.92. The van der Waals surface area contributed by atoms with Crippen LogP contribution >= 0.6 is 0 Å². The van der Waals surface area contributed by atoms with Gasteiger partial charge in [0.2, 0.25) is 11.9 Å². The zero-order valence-corrected chi connectivity index (χ0v) is 16.2. The summed E-state index contributed by atoms with van der Waals surface area (Å²) < 4.78 is 0. The van der Waals surface area contributed by atoms with E-state index < -0.39 is 0 Å². The van der Waals surface area contributed by atoms with E-state index in [9.17, 15) is 4.79 Å². The van der Waals surface area contributed by atoms with Crippen molar-refractivity contribution in [3.63, 3.8) is 0 Å². The van der Waals surface area contributed by atoms with Gasteiger partial charge in [-0.05, 0) is 32.6 Å². The van der Waals surface area contributed by atoms with Crippen LogP contribution in [0.5, 0.6) is 0 Å². The van der Waals surface area contributed by atoms with E-state index in [1.54, 1.807) is 0 Å². The number of hydrogen-bond donors (Lipinski definition) is 1. The second-order valence-electron chi connectivity index (χ2n) is 7.99. The summed E-state index contributed by atoms with van der Waals surface area (Å²) >= 11 is 0. The molecule has 2 aliphatic heterocycles. The zero-order valence-electron chi connectivity index (χ0n) is 16.2. The Morgan fingerprint density at radius 1 is 1.31 bits per heavy atom. The smallest absolute Gasteiger partial charge is 0.227 e. The van der Waals surface area contributed by atoms with Gasteiger partial charge in [0, 0.05) is 70.5 Å². The molecule has 0 unspecified atom stereocenters. The third-order valence-corrected chi connectivity index (χ3v) is 5.63. The van der Waals surface area contributed by atoms with Crippen molar-refractivity contribution in [3.05, 3.63) is 11.8 Å². The van der Waals surface area contributed by atoms with Crippen molar-refractivity contribution in [2.24, 2.45) is 5.41 Å². The number of rotatable bonds is 5. The highest BCUT2D eigenvalue weighted by atomic mass is 16.3. The van der Waals surface area contributed by atoms with Crippen molar-refractivity contribution in [2.75, 3.05) is 56.7 Å². The Morgan fingerprint density at radius 2 is 2.12 bits per heavy atom. The fourth-order valence-corrected chi connectivity index (χ4v) is 4.31. The van der Waals surface area contributed by atoms with E-state index in [2.05, 4.69) is 9.88 Å². The number of piperidine rings is 2. The minimum Gasteiger partial charge on any atom is -0.396 e. The second kappa shape index (κ2) is 7.78. The molecule has 1 amide bonds. The number of aromatic nitrogens is 2. The van der Waals surface area contributed by atoms with Gasteiger partial charge in [0.1, 0.15) is 5.82 Å². The summed E-state index contributed by atoms with van der Waals surface area (Å²) in [7, 11) is 4.01. The maximum Gasteiger partial charge on any atom is 0.227 e. The molecule has 3 heterocycles. The lowest BCUT2D eigenvalue weighted by molar-refractivity contribution is -0.138. The molecule has 0 bridgehead atoms. The molecule has 1 N–H and O–H groups in total. The van der Waals surface area contributed by atoms with E-state index in [0.29, 0.717) is 19.4 Å². The lowest BCUT2D eigenvalue weighted by Gasteiger charge is -2.48. The summed E-state index contributed by atoms with van der Waals surface area (Å²) in [6.07, 6.45) is 6.33. The van der Waals surface area contributed by atoms with E-state index in [1.165, 1.54) is 0 Å². The third-order valence-electron chi connectivity index (χ3n) is 5.63. The summed E-state index contributed by atoms with van der Waals surface area (Å²) in [6, 6.07) is 0. The van der Waals surface area contributed by atoms with Crippen LogP contribution in [-0.2, 0) is 4.79 Å². The Labute approximate surface area is 156 Å². The van der Waals surface area contributed by atoms with E-state index in [1.807, 2.05) is 37.0 Å². The van der Waals surface area contributed by atoms with Crippen molar-refractivity contribution < 1.29 is 9.90 Å². The van der Waals surface area contributed by atoms with Crippen molar-refractivity contribution >= 4 is 17.7 Å². The lowest BCUT2D eigenvalue weighted by atomic mass is 9.73. The predicted molar refractivity (Wildman–Crippen MR) is 102 cm³/mol. The minimum absolute atomic E-state index is 0.119. The Bertz CT molecular complexity index is 651. The molecule has 7 nitrogen and oxygen atoms in total. The van der Waals surface area contributed by atoms with Crippen LogP contribution in [0.1, 0.15) is 37.7 Å². The number of aliphatic hydroxyl groups is 1. The molecule has 26 heavy (non-hydrogen) atoms. The number of carbonyl (C=O) groups is 1. The maximum absolute atomic E-state index is 12.2. The number of aliphatic hydroxyl groups excluding tert-OH is 1. The van der Waals surface area contributed by atoms with E-state index in [4.69, 9.17) is 10.1 Å². The molecular formula is C19H31N5O2. The molecule has 2 fully saturated rings. The zero-order chi connectivity index (χ0) is 18.7. The Kier molecular flexibility index (Phi) is 5.65. The van der Waals surface area contributed by atoms with Crippen LogP contribution in [0.2, 0.25) is 0 Å². The minimum atomic E-state index is 0.119. The number of aryl methyl sites for hydroxylation is 1. The van der Waals surface area contributed by atoms with Crippen molar-refractivity contribution in [1.29, 1.82) is 0 Å². The Hall–Kier alpha value is -1.89. The van der Waals surface area contributed by atoms with Crippen molar-refractivity contribution in [2.45, 2.75) is 39.0 Å². The van der Waals surface area contributed by atoms with Crippen LogP contribution in [0.4, 0.5) is 11.8 Å². The van der Waals surface area contributed by atoms with Gasteiger partial charge in [-0.1, -0.05) is 0 Å². The van der Waals surface area contributed by atoms with Gasteiger partial charge in [0.05, 0.1) is 0 Å². The van der Waals surface area contributed by atoms with Gasteiger partial charge in [0.25, 0.3) is 0 Å². The van der Waals surface area contributed by atoms with Crippen molar-refractivity contribution in [3.8, 4) is 0 Å². The number of hydrogen-bond acceptors (Lipinski definition) is 6. The maximum atomic E-state index is 12.2. The molecule has 2 saturated heterocycles. The summed E-state index contributed by atoms with van der Waals surface area (Å²) in [6.45, 7) is 5.46. The summed E-state index contributed by atoms with van der Waals surface area (Å²) in [5, 5.41) is 9.10. The van der Waals surface area contributed by atoms with Gasteiger partial charge >= 0.3 is 0 Å². The molecule has 0 saturated carbocycles. The highest BCUT2D eigenvalue weighted by molar-refractivity contribution is 5.77. The van der Waals surface area contributed by atoms with Crippen LogP contribution < -0.4 is 9.80 Å². The Balaban J connectivity index is 1.76. The first-order valence-corrected chi connectivity index (χ1v) is 9.59. The average Bonchev–Trinajstić information content (AvgIpc) is 2.63. The molecule has 2 aliphatic rings. The topological polar surface area (TPSA) is 72.8 Å². The molecule has 0 aliphatic carbocycles.